The molecule has 1 rings (SSSR count). The Morgan fingerprint density at radius 2 is 2.22 bits per heavy atom. The molecule has 1 saturated carbocycles. The fourth-order valence-electron chi connectivity index (χ4n) is 2.81. The predicted octanol–water partition coefficient (Wildman–Crippen LogP) is 1.78. The molecule has 0 heterocycles. The number of nitrogens with two attached hydrogens (primary N) is 1. The Bertz CT molecular complexity index is 283. The maximum absolute atomic E-state index is 11.7. The zero-order valence-corrected chi connectivity index (χ0v) is 12.2. The van der Waals surface area contributed by atoms with Crippen molar-refractivity contribution in [1.82, 2.24) is 4.90 Å². The van der Waals surface area contributed by atoms with Crippen molar-refractivity contribution in [3.8, 4) is 0 Å². The molecule has 0 aromatic heterocycles. The summed E-state index contributed by atoms with van der Waals surface area (Å²) >= 11 is 0. The molecule has 0 spiro atoms. The van der Waals surface area contributed by atoms with Crippen LogP contribution in [-0.4, -0.2) is 42.6 Å². The molecule has 1 aliphatic rings. The zero-order valence-electron chi connectivity index (χ0n) is 12.2. The number of nitrogens with zero attached hydrogens (tertiary/aromatic N) is 1. The van der Waals surface area contributed by atoms with Gasteiger partial charge in [-0.3, -0.25) is 4.79 Å². The van der Waals surface area contributed by atoms with Crippen molar-refractivity contribution >= 4 is 5.97 Å². The third kappa shape index (κ3) is 3.45. The van der Waals surface area contributed by atoms with Crippen molar-refractivity contribution in [3.05, 3.63) is 0 Å². The Labute approximate surface area is 111 Å². The summed E-state index contributed by atoms with van der Waals surface area (Å²) in [6.45, 7) is 8.78. The molecule has 3 atom stereocenters. The van der Waals surface area contributed by atoms with E-state index in [1.807, 2.05) is 0 Å². The fraction of sp³-hybridized carbons (Fsp3) is 0.929. The van der Waals surface area contributed by atoms with Gasteiger partial charge in [-0.1, -0.05) is 27.2 Å². The Balaban J connectivity index is 2.60. The highest BCUT2D eigenvalue weighted by atomic mass is 16.5. The van der Waals surface area contributed by atoms with E-state index in [0.29, 0.717) is 12.0 Å². The second kappa shape index (κ2) is 6.53. The minimum absolute atomic E-state index is 0.260. The molecule has 3 unspecified atom stereocenters. The third-order valence-corrected chi connectivity index (χ3v) is 4.28. The molecule has 106 valence electrons. The SMILES string of the molecule is CCC(C)CN(CC)C1CCC(N)(C(=O)OC)C1. The summed E-state index contributed by atoms with van der Waals surface area (Å²) in [5, 5.41) is 0. The van der Waals surface area contributed by atoms with Gasteiger partial charge in [-0.15, -0.1) is 0 Å². The monoisotopic (exact) mass is 256 g/mol. The zero-order chi connectivity index (χ0) is 13.8. The van der Waals surface area contributed by atoms with E-state index in [9.17, 15) is 4.79 Å². The van der Waals surface area contributed by atoms with E-state index in [1.54, 1.807) is 0 Å². The quantitative estimate of drug-likeness (QED) is 0.736. The highest BCUT2D eigenvalue weighted by Crippen LogP contribution is 2.32. The molecule has 0 amide bonds. The number of ether oxygens (including phenoxy) is 1. The lowest BCUT2D eigenvalue weighted by Gasteiger charge is -2.31. The van der Waals surface area contributed by atoms with Crippen LogP contribution in [0.15, 0.2) is 0 Å². The normalized spacial score (nSPS) is 29.6. The first-order valence-corrected chi connectivity index (χ1v) is 7.08. The Kier molecular flexibility index (Phi) is 5.60. The summed E-state index contributed by atoms with van der Waals surface area (Å²) in [7, 11) is 1.42. The second-order valence-electron chi connectivity index (χ2n) is 5.65. The average molecular weight is 256 g/mol. The largest absolute Gasteiger partial charge is 0.468 e. The average Bonchev–Trinajstić information content (AvgIpc) is 2.78. The number of hydrogen-bond donors (Lipinski definition) is 1. The van der Waals surface area contributed by atoms with Gasteiger partial charge >= 0.3 is 5.97 Å². The lowest BCUT2D eigenvalue weighted by molar-refractivity contribution is -0.147. The van der Waals surface area contributed by atoms with Gasteiger partial charge < -0.3 is 15.4 Å². The number of carbonyl (C=O) groups is 1. The summed E-state index contributed by atoms with van der Waals surface area (Å²) in [6, 6.07) is 0.424. The van der Waals surface area contributed by atoms with Crippen LogP contribution in [0.1, 0.15) is 46.5 Å². The van der Waals surface area contributed by atoms with E-state index in [-0.39, 0.29) is 5.97 Å². The van der Waals surface area contributed by atoms with E-state index >= 15 is 0 Å². The first-order valence-electron chi connectivity index (χ1n) is 7.08. The Morgan fingerprint density at radius 1 is 1.56 bits per heavy atom. The van der Waals surface area contributed by atoms with Crippen LogP contribution in [0.5, 0.6) is 0 Å². The molecule has 0 aliphatic heterocycles. The van der Waals surface area contributed by atoms with Crippen molar-refractivity contribution in [1.29, 1.82) is 0 Å². The molecule has 18 heavy (non-hydrogen) atoms. The topological polar surface area (TPSA) is 55.6 Å². The highest BCUT2D eigenvalue weighted by molar-refractivity contribution is 5.81. The van der Waals surface area contributed by atoms with Gasteiger partial charge in [-0.25, -0.2) is 0 Å². The van der Waals surface area contributed by atoms with E-state index in [1.165, 1.54) is 13.5 Å². The van der Waals surface area contributed by atoms with Crippen molar-refractivity contribution in [2.24, 2.45) is 11.7 Å². The minimum Gasteiger partial charge on any atom is -0.468 e. The van der Waals surface area contributed by atoms with Crippen molar-refractivity contribution in [2.45, 2.75) is 58.0 Å². The van der Waals surface area contributed by atoms with Gasteiger partial charge in [0.15, 0.2) is 0 Å². The van der Waals surface area contributed by atoms with Gasteiger partial charge in [0, 0.05) is 12.6 Å². The molecular weight excluding hydrogens is 228 g/mol. The molecule has 4 heteroatoms. The predicted molar refractivity (Wildman–Crippen MR) is 73.3 cm³/mol. The van der Waals surface area contributed by atoms with Gasteiger partial charge in [-0.05, 0) is 31.7 Å². The van der Waals surface area contributed by atoms with Crippen molar-refractivity contribution < 1.29 is 9.53 Å². The molecular formula is C14H28N2O2. The maximum Gasteiger partial charge on any atom is 0.325 e. The van der Waals surface area contributed by atoms with Crippen LogP contribution < -0.4 is 5.73 Å². The lowest BCUT2D eigenvalue weighted by Crippen LogP contribution is -2.48. The summed E-state index contributed by atoms with van der Waals surface area (Å²) in [4.78, 5) is 14.2. The minimum atomic E-state index is -0.762. The standard InChI is InChI=1S/C14H28N2O2/c1-5-11(3)10-16(6-2)12-7-8-14(15,9-12)13(17)18-4/h11-12H,5-10,15H2,1-4H3. The fourth-order valence-corrected chi connectivity index (χ4v) is 2.81. The molecule has 0 aromatic rings. The van der Waals surface area contributed by atoms with Gasteiger partial charge in [-0.2, -0.15) is 0 Å². The van der Waals surface area contributed by atoms with Crippen LogP contribution in [0.25, 0.3) is 0 Å². The number of rotatable bonds is 6. The van der Waals surface area contributed by atoms with Crippen LogP contribution in [0.3, 0.4) is 0 Å². The lowest BCUT2D eigenvalue weighted by atomic mass is 9.98. The second-order valence-corrected chi connectivity index (χ2v) is 5.65. The maximum atomic E-state index is 11.7. The molecule has 1 fully saturated rings. The van der Waals surface area contributed by atoms with Gasteiger partial charge in [0.05, 0.1) is 7.11 Å². The van der Waals surface area contributed by atoms with Crippen LogP contribution in [-0.2, 0) is 9.53 Å². The molecule has 0 radical (unpaired) electrons. The Morgan fingerprint density at radius 3 is 2.72 bits per heavy atom. The van der Waals surface area contributed by atoms with Crippen molar-refractivity contribution in [2.75, 3.05) is 20.2 Å². The summed E-state index contributed by atoms with van der Waals surface area (Å²) in [5.74, 6) is 0.431. The number of carbonyl (C=O) groups excluding carboxylic acids is 1. The van der Waals surface area contributed by atoms with E-state index in [0.717, 1.165) is 32.4 Å². The Hall–Kier alpha value is -0.610. The van der Waals surface area contributed by atoms with Crippen LogP contribution in [0, 0.1) is 5.92 Å². The van der Waals surface area contributed by atoms with E-state index in [4.69, 9.17) is 10.5 Å². The third-order valence-electron chi connectivity index (χ3n) is 4.28. The van der Waals surface area contributed by atoms with Crippen LogP contribution in [0.2, 0.25) is 0 Å². The summed E-state index contributed by atoms with van der Waals surface area (Å²) in [6.07, 6.45) is 3.65. The summed E-state index contributed by atoms with van der Waals surface area (Å²) in [5.41, 5.74) is 5.40. The smallest absolute Gasteiger partial charge is 0.325 e. The highest BCUT2D eigenvalue weighted by Gasteiger charge is 2.44. The van der Waals surface area contributed by atoms with Crippen LogP contribution >= 0.6 is 0 Å². The molecule has 1 aliphatic carbocycles. The number of esters is 1. The number of methoxy groups -OCH3 is 1. The van der Waals surface area contributed by atoms with Gasteiger partial charge in [0.25, 0.3) is 0 Å². The van der Waals surface area contributed by atoms with Crippen molar-refractivity contribution in [3.63, 3.8) is 0 Å². The van der Waals surface area contributed by atoms with E-state index < -0.39 is 5.54 Å². The van der Waals surface area contributed by atoms with Crippen LogP contribution in [0.4, 0.5) is 0 Å². The molecule has 0 bridgehead atoms. The molecule has 2 N–H and O–H groups in total. The molecule has 4 nitrogen and oxygen atoms in total. The number of hydrogen-bond acceptors (Lipinski definition) is 4. The van der Waals surface area contributed by atoms with E-state index in [2.05, 4.69) is 25.7 Å². The first kappa shape index (κ1) is 15.4. The van der Waals surface area contributed by atoms with Gasteiger partial charge in [0.1, 0.15) is 5.54 Å². The molecule has 0 saturated heterocycles. The molecule has 0 aromatic carbocycles. The summed E-state index contributed by atoms with van der Waals surface area (Å²) < 4.78 is 4.82. The first-order chi connectivity index (χ1) is 8.46. The van der Waals surface area contributed by atoms with Gasteiger partial charge in [0.2, 0.25) is 0 Å².